The maximum absolute atomic E-state index is 14.1. The lowest BCUT2D eigenvalue weighted by Gasteiger charge is -2.59. The van der Waals surface area contributed by atoms with Crippen molar-refractivity contribution in [3.63, 3.8) is 0 Å². The summed E-state index contributed by atoms with van der Waals surface area (Å²) in [5.41, 5.74) is 1.57. The van der Waals surface area contributed by atoms with Gasteiger partial charge < -0.3 is 43.8 Å². The van der Waals surface area contributed by atoms with E-state index in [9.17, 15) is 30.2 Å². The van der Waals surface area contributed by atoms with Crippen molar-refractivity contribution in [3.05, 3.63) is 82.4 Å². The fourth-order valence-corrected chi connectivity index (χ4v) is 8.61. The number of nitro groups is 1. The van der Waals surface area contributed by atoms with Crippen LogP contribution in [0.15, 0.2) is 71.9 Å². The van der Waals surface area contributed by atoms with Crippen LogP contribution in [0.25, 0.3) is 0 Å². The minimum Gasteiger partial charge on any atom is -0.459 e. The molecule has 0 saturated heterocycles. The highest BCUT2D eigenvalue weighted by Gasteiger charge is 2.65. The van der Waals surface area contributed by atoms with E-state index in [1.165, 1.54) is 12.1 Å². The number of rotatable bonds is 22. The summed E-state index contributed by atoms with van der Waals surface area (Å²) < 4.78 is 31.8. The summed E-state index contributed by atoms with van der Waals surface area (Å²) in [5, 5.41) is 45.6. The molecular formula is C44H61N3O12. The number of nitro benzene ring substituents is 1. The van der Waals surface area contributed by atoms with Gasteiger partial charge in [-0.25, -0.2) is 4.79 Å². The number of non-ortho nitro benzene ring substituents is 1. The molecule has 3 N–H and O–H groups in total. The van der Waals surface area contributed by atoms with Crippen LogP contribution in [0.2, 0.25) is 0 Å². The van der Waals surface area contributed by atoms with Gasteiger partial charge in [0, 0.05) is 43.7 Å². The van der Waals surface area contributed by atoms with Crippen molar-refractivity contribution in [2.24, 2.45) is 22.9 Å². The average molecular weight is 824 g/mol. The molecule has 15 nitrogen and oxygen atoms in total. The zero-order chi connectivity index (χ0) is 42.6. The number of ether oxygens (including phenoxy) is 5. The van der Waals surface area contributed by atoms with Crippen LogP contribution in [0.1, 0.15) is 84.1 Å². The van der Waals surface area contributed by atoms with Gasteiger partial charge >= 0.3 is 6.09 Å². The monoisotopic (exact) mass is 823 g/mol. The second kappa shape index (κ2) is 21.1. The summed E-state index contributed by atoms with van der Waals surface area (Å²) in [6.07, 6.45) is 7.71. The Morgan fingerprint density at radius 2 is 1.80 bits per heavy atom. The molecule has 59 heavy (non-hydrogen) atoms. The first-order valence-electron chi connectivity index (χ1n) is 20.7. The zero-order valence-corrected chi connectivity index (χ0v) is 34.8. The summed E-state index contributed by atoms with van der Waals surface area (Å²) in [6.45, 7) is 11.8. The molecular weight excluding hydrogens is 762 g/mol. The number of hydrogen-bond acceptors (Lipinski definition) is 13. The minimum atomic E-state index is -1.52. The third kappa shape index (κ3) is 11.0. The molecule has 15 heteroatoms. The van der Waals surface area contributed by atoms with Gasteiger partial charge in [-0.15, -0.1) is 6.58 Å². The second-order valence-corrected chi connectivity index (χ2v) is 16.1. The topological polar surface area (TPSA) is 192 Å². The third-order valence-corrected chi connectivity index (χ3v) is 10.9. The van der Waals surface area contributed by atoms with E-state index in [4.69, 9.17) is 33.7 Å². The molecule has 5 rings (SSSR count). The summed E-state index contributed by atoms with van der Waals surface area (Å²) in [6, 6.07) is 10.6. The predicted octanol–water partition coefficient (Wildman–Crippen LogP) is 7.29. The van der Waals surface area contributed by atoms with Crippen molar-refractivity contribution in [3.8, 4) is 17.2 Å². The van der Waals surface area contributed by atoms with E-state index in [1.807, 2.05) is 32.9 Å². The Morgan fingerprint density at radius 3 is 2.47 bits per heavy atom. The molecule has 2 aromatic carbocycles. The molecule has 0 spiro atoms. The number of unbranched alkanes of at least 4 members (excludes halogenated alkanes) is 2. The van der Waals surface area contributed by atoms with E-state index >= 15 is 0 Å². The van der Waals surface area contributed by atoms with Gasteiger partial charge in [-0.05, 0) is 95.1 Å². The fraction of sp³-hybridized carbons (Fsp3) is 0.591. The summed E-state index contributed by atoms with van der Waals surface area (Å²) in [4.78, 5) is 33.0. The van der Waals surface area contributed by atoms with E-state index in [-0.39, 0.29) is 82.7 Å². The van der Waals surface area contributed by atoms with Gasteiger partial charge in [0.25, 0.3) is 5.69 Å². The molecule has 6 atom stereocenters. The SMILES string of the molecule is C=CCOC12Oc3ccc(Oc4cccc([N+](=O)[O-])c4)cc3C3C(CCCCO)C(CCCCO)C=C(C(=NOC(C)(C)C)CC1N(CCOCCO)C(=O)OCC)C32. The van der Waals surface area contributed by atoms with E-state index < -0.39 is 34.4 Å². The van der Waals surface area contributed by atoms with E-state index in [2.05, 4.69) is 12.7 Å². The van der Waals surface area contributed by atoms with Gasteiger partial charge in [0.1, 0.15) is 28.9 Å². The Balaban J connectivity index is 1.79. The van der Waals surface area contributed by atoms with Crippen molar-refractivity contribution < 1.29 is 53.6 Å². The van der Waals surface area contributed by atoms with Gasteiger partial charge in [0.2, 0.25) is 5.79 Å². The molecule has 3 aliphatic rings. The van der Waals surface area contributed by atoms with Crippen LogP contribution in [0.5, 0.6) is 17.2 Å². The van der Waals surface area contributed by atoms with Crippen molar-refractivity contribution in [1.29, 1.82) is 0 Å². The predicted molar refractivity (Wildman–Crippen MR) is 221 cm³/mol. The lowest BCUT2D eigenvalue weighted by atomic mass is 9.55. The van der Waals surface area contributed by atoms with Crippen LogP contribution < -0.4 is 9.47 Å². The van der Waals surface area contributed by atoms with Gasteiger partial charge in [-0.1, -0.05) is 36.2 Å². The lowest BCUT2D eigenvalue weighted by Crippen LogP contribution is -2.70. The Kier molecular flexibility index (Phi) is 16.3. The summed E-state index contributed by atoms with van der Waals surface area (Å²) >= 11 is 0. The van der Waals surface area contributed by atoms with Crippen LogP contribution >= 0.6 is 0 Å². The minimum absolute atomic E-state index is 0.00493. The molecule has 1 heterocycles. The second-order valence-electron chi connectivity index (χ2n) is 16.1. The number of nitrogens with zero attached hydrogens (tertiary/aromatic N) is 3. The Morgan fingerprint density at radius 1 is 1.05 bits per heavy atom. The number of allylic oxidation sites excluding steroid dienone is 1. The normalized spacial score (nSPS) is 23.9. The van der Waals surface area contributed by atoms with Crippen molar-refractivity contribution in [2.45, 2.75) is 96.0 Å². The maximum atomic E-state index is 14.1. The number of fused-ring (bicyclic) bond motifs is 2. The molecule has 2 aliphatic carbocycles. The van der Waals surface area contributed by atoms with Crippen LogP contribution in [-0.4, -0.2) is 107 Å². The molecule has 2 aromatic rings. The third-order valence-electron chi connectivity index (χ3n) is 10.9. The van der Waals surface area contributed by atoms with Crippen molar-refractivity contribution in [2.75, 3.05) is 52.8 Å². The molecule has 1 amide bonds. The Bertz CT molecular complexity index is 1790. The molecule has 0 bridgehead atoms. The van der Waals surface area contributed by atoms with Crippen LogP contribution in [-0.2, 0) is 19.0 Å². The van der Waals surface area contributed by atoms with E-state index in [0.717, 1.165) is 36.8 Å². The molecule has 0 radical (unpaired) electrons. The highest BCUT2D eigenvalue weighted by molar-refractivity contribution is 6.03. The van der Waals surface area contributed by atoms with Crippen LogP contribution in [0.3, 0.4) is 0 Å². The van der Waals surface area contributed by atoms with Crippen molar-refractivity contribution >= 4 is 17.5 Å². The molecule has 1 saturated carbocycles. The van der Waals surface area contributed by atoms with Crippen molar-refractivity contribution in [1.82, 2.24) is 4.90 Å². The largest absolute Gasteiger partial charge is 0.459 e. The molecule has 1 aliphatic heterocycles. The average Bonchev–Trinajstić information content (AvgIpc) is 3.20. The number of aliphatic hydroxyl groups excluding tert-OH is 3. The zero-order valence-electron chi connectivity index (χ0n) is 34.8. The summed E-state index contributed by atoms with van der Waals surface area (Å²) in [7, 11) is 0. The molecule has 1 fully saturated rings. The van der Waals surface area contributed by atoms with E-state index in [0.29, 0.717) is 35.8 Å². The van der Waals surface area contributed by atoms with Gasteiger partial charge in [-0.2, -0.15) is 0 Å². The van der Waals surface area contributed by atoms with Crippen LogP contribution in [0.4, 0.5) is 10.5 Å². The summed E-state index contributed by atoms with van der Waals surface area (Å²) in [5.74, 6) is -1.20. The number of carbonyl (C=O) groups is 1. The van der Waals surface area contributed by atoms with Gasteiger partial charge in [0.15, 0.2) is 0 Å². The molecule has 6 unspecified atom stereocenters. The maximum Gasteiger partial charge on any atom is 0.410 e. The first-order valence-corrected chi connectivity index (χ1v) is 20.7. The molecule has 324 valence electrons. The van der Waals surface area contributed by atoms with Crippen LogP contribution in [0, 0.1) is 27.9 Å². The highest BCUT2D eigenvalue weighted by Crippen LogP contribution is 2.62. The van der Waals surface area contributed by atoms with E-state index in [1.54, 1.807) is 36.1 Å². The lowest BCUT2D eigenvalue weighted by molar-refractivity contribution is -0.384. The number of aliphatic hydroxyl groups is 3. The smallest absolute Gasteiger partial charge is 0.410 e. The highest BCUT2D eigenvalue weighted by atomic mass is 16.7. The Hall–Kier alpha value is -4.54. The quantitative estimate of drug-likeness (QED) is 0.0466. The number of oxime groups is 1. The molecule has 0 aromatic heterocycles. The number of benzene rings is 2. The van der Waals surface area contributed by atoms with Gasteiger partial charge in [-0.3, -0.25) is 15.0 Å². The first kappa shape index (κ1) is 45.5. The standard InChI is InChI=1S/C44H61N3O12/c1-6-23-56-44-39(46(42(51)55-7-2)19-24-54-25-22-50)29-37(45-59-43(3,4)5)35-26-30(13-8-10-20-48)34(16-9-11-21-49)40(41(35)44)36-28-33(17-18-38(36)58-44)57-32-15-12-14-31(27-32)47(52)53/h6,12,14-15,17-18,26-28,30,34,39-41,48-50H,1,7-11,13,16,19-25,29H2,2-5H3. The number of amides is 1. The fourth-order valence-electron chi connectivity index (χ4n) is 8.61. The number of carbonyl (C=O) groups excluding carboxylic acids is 1. The first-order chi connectivity index (χ1) is 28.4. The Labute approximate surface area is 346 Å². The van der Waals surface area contributed by atoms with Gasteiger partial charge in [0.05, 0.1) is 55.7 Å². The number of hydrogen-bond donors (Lipinski definition) is 3.